The van der Waals surface area contributed by atoms with Crippen LogP contribution in [-0.2, 0) is 12.4 Å². The summed E-state index contributed by atoms with van der Waals surface area (Å²) in [7, 11) is 0. The number of benzene rings is 1. The van der Waals surface area contributed by atoms with E-state index in [-0.39, 0.29) is 5.13 Å². The van der Waals surface area contributed by atoms with Crippen molar-refractivity contribution in [1.82, 2.24) is 9.97 Å². The second-order valence-electron chi connectivity index (χ2n) is 5.20. The summed E-state index contributed by atoms with van der Waals surface area (Å²) in [5, 5.41) is 13.0. The average Bonchev–Trinajstić information content (AvgIpc) is 3.05. The number of thiazole rings is 1. The number of fused-ring (bicyclic) bond motifs is 1. The van der Waals surface area contributed by atoms with Crippen LogP contribution < -0.4 is 5.32 Å². The van der Waals surface area contributed by atoms with Crippen LogP contribution in [0, 0.1) is 0 Å². The van der Waals surface area contributed by atoms with E-state index in [9.17, 15) is 36.2 Å². The maximum absolute atomic E-state index is 13.3. The van der Waals surface area contributed by atoms with E-state index in [1.54, 1.807) is 0 Å². The van der Waals surface area contributed by atoms with Crippen LogP contribution in [0.25, 0.3) is 10.9 Å². The third kappa shape index (κ3) is 3.65. The Balaban J connectivity index is 2.24. The summed E-state index contributed by atoms with van der Waals surface area (Å²) in [6, 6.07) is 1.65. The first-order valence-corrected chi connectivity index (χ1v) is 7.88. The molecule has 0 saturated carbocycles. The van der Waals surface area contributed by atoms with Crippen LogP contribution in [0.15, 0.2) is 29.8 Å². The Morgan fingerprint density at radius 3 is 2.37 bits per heavy atom. The first kappa shape index (κ1) is 18.9. The molecule has 27 heavy (non-hydrogen) atoms. The fraction of sp³-hybridized carbons (Fsp3) is 0.133. The topological polar surface area (TPSA) is 75.1 Å². The number of nitrogens with zero attached hydrogens (tertiary/aromatic N) is 2. The number of anilines is 1. The lowest BCUT2D eigenvalue weighted by Crippen LogP contribution is -2.21. The van der Waals surface area contributed by atoms with Crippen LogP contribution in [-0.4, -0.2) is 21.0 Å². The third-order valence-corrected chi connectivity index (χ3v) is 4.12. The molecular weight excluding hydrogens is 400 g/mol. The molecular formula is C15H7F6N3O2S. The van der Waals surface area contributed by atoms with Gasteiger partial charge in [-0.2, -0.15) is 26.3 Å². The van der Waals surface area contributed by atoms with Crippen LogP contribution >= 0.6 is 11.3 Å². The van der Waals surface area contributed by atoms with Crippen molar-refractivity contribution in [2.75, 3.05) is 5.32 Å². The highest BCUT2D eigenvalue weighted by Crippen LogP contribution is 2.40. The van der Waals surface area contributed by atoms with Crippen molar-refractivity contribution in [1.29, 1.82) is 0 Å². The average molecular weight is 407 g/mol. The zero-order chi connectivity index (χ0) is 20.0. The van der Waals surface area contributed by atoms with Crippen LogP contribution in [0.3, 0.4) is 0 Å². The molecule has 0 bridgehead atoms. The quantitative estimate of drug-likeness (QED) is 0.605. The second-order valence-corrected chi connectivity index (χ2v) is 6.10. The van der Waals surface area contributed by atoms with Crippen molar-refractivity contribution in [3.63, 3.8) is 0 Å². The number of aromatic nitrogens is 2. The molecule has 0 aliphatic heterocycles. The predicted molar refractivity (Wildman–Crippen MR) is 83.5 cm³/mol. The van der Waals surface area contributed by atoms with Crippen LogP contribution in [0.5, 0.6) is 5.75 Å². The van der Waals surface area contributed by atoms with Gasteiger partial charge in [0.25, 0.3) is 5.91 Å². The van der Waals surface area contributed by atoms with Gasteiger partial charge in [0.1, 0.15) is 11.3 Å². The Labute approximate surface area is 150 Å². The van der Waals surface area contributed by atoms with Crippen molar-refractivity contribution in [2.24, 2.45) is 0 Å². The van der Waals surface area contributed by atoms with E-state index in [0.29, 0.717) is 18.2 Å². The summed E-state index contributed by atoms with van der Waals surface area (Å²) in [6.45, 7) is 0. The summed E-state index contributed by atoms with van der Waals surface area (Å²) < 4.78 is 78.5. The minimum Gasteiger partial charge on any atom is -0.506 e. The smallest absolute Gasteiger partial charge is 0.434 e. The number of hydrogen-bond acceptors (Lipinski definition) is 5. The molecule has 5 nitrogen and oxygen atoms in total. The summed E-state index contributed by atoms with van der Waals surface area (Å²) in [5.41, 5.74) is -4.76. The number of carbonyl (C=O) groups excluding carboxylic acids is 1. The van der Waals surface area contributed by atoms with Gasteiger partial charge in [0.15, 0.2) is 10.8 Å². The van der Waals surface area contributed by atoms with E-state index in [1.807, 2.05) is 5.32 Å². The largest absolute Gasteiger partial charge is 0.506 e. The Kier molecular flexibility index (Phi) is 4.46. The maximum atomic E-state index is 13.3. The highest BCUT2D eigenvalue weighted by Gasteiger charge is 2.40. The van der Waals surface area contributed by atoms with Gasteiger partial charge in [-0.1, -0.05) is 0 Å². The molecule has 0 unspecified atom stereocenters. The lowest BCUT2D eigenvalue weighted by Gasteiger charge is -2.16. The lowest BCUT2D eigenvalue weighted by atomic mass is 10.0. The molecule has 3 rings (SSSR count). The van der Waals surface area contributed by atoms with Crippen LogP contribution in [0.2, 0.25) is 0 Å². The Morgan fingerprint density at radius 1 is 1.11 bits per heavy atom. The minimum absolute atomic E-state index is 0.0586. The zero-order valence-corrected chi connectivity index (χ0v) is 13.6. The predicted octanol–water partition coefficient (Wildman–Crippen LogP) is 4.69. The van der Waals surface area contributed by atoms with Gasteiger partial charge in [-0.3, -0.25) is 10.1 Å². The monoisotopic (exact) mass is 407 g/mol. The number of rotatable bonds is 2. The van der Waals surface area contributed by atoms with E-state index in [2.05, 4.69) is 9.97 Å². The molecule has 0 radical (unpaired) electrons. The van der Waals surface area contributed by atoms with Gasteiger partial charge >= 0.3 is 12.4 Å². The number of pyridine rings is 1. The normalized spacial score (nSPS) is 12.4. The fourth-order valence-electron chi connectivity index (χ4n) is 2.29. The molecule has 2 heterocycles. The maximum Gasteiger partial charge on any atom is 0.434 e. The van der Waals surface area contributed by atoms with E-state index in [0.717, 1.165) is 11.3 Å². The molecule has 0 aliphatic rings. The number of alkyl halides is 6. The van der Waals surface area contributed by atoms with Crippen molar-refractivity contribution in [3.05, 3.63) is 46.6 Å². The van der Waals surface area contributed by atoms with Gasteiger partial charge < -0.3 is 5.11 Å². The standard InChI is InChI=1S/C15H7F6N3O2S/c16-14(17,18)6-1-2-8-7(5-6)10(25)9(11(23-8)15(19,20)21)12(26)24-13-22-3-4-27-13/h1-5H,(H,23,25)(H,22,24,26). The summed E-state index contributed by atoms with van der Waals surface area (Å²) in [6.07, 6.45) is -8.66. The molecule has 2 N–H and O–H groups in total. The van der Waals surface area contributed by atoms with Gasteiger partial charge in [-0.15, -0.1) is 11.3 Å². The fourth-order valence-corrected chi connectivity index (χ4v) is 2.81. The summed E-state index contributed by atoms with van der Waals surface area (Å²) in [4.78, 5) is 19.2. The molecule has 142 valence electrons. The van der Waals surface area contributed by atoms with Crippen molar-refractivity contribution >= 4 is 33.3 Å². The first-order chi connectivity index (χ1) is 12.5. The number of amides is 1. The third-order valence-electron chi connectivity index (χ3n) is 3.43. The van der Waals surface area contributed by atoms with E-state index in [1.165, 1.54) is 11.6 Å². The van der Waals surface area contributed by atoms with E-state index < -0.39 is 51.7 Å². The molecule has 1 aromatic carbocycles. The summed E-state index contributed by atoms with van der Waals surface area (Å²) in [5.74, 6) is -2.66. The number of halogens is 6. The minimum atomic E-state index is -5.13. The Morgan fingerprint density at radius 2 is 1.81 bits per heavy atom. The van der Waals surface area contributed by atoms with Gasteiger partial charge in [0.2, 0.25) is 0 Å². The van der Waals surface area contributed by atoms with Gasteiger partial charge in [0, 0.05) is 17.0 Å². The molecule has 0 aliphatic carbocycles. The highest BCUT2D eigenvalue weighted by molar-refractivity contribution is 7.13. The second kappa shape index (κ2) is 6.37. The molecule has 1 amide bonds. The number of aromatic hydroxyl groups is 1. The van der Waals surface area contributed by atoms with Crippen molar-refractivity contribution < 1.29 is 36.2 Å². The van der Waals surface area contributed by atoms with Crippen molar-refractivity contribution in [2.45, 2.75) is 12.4 Å². The molecule has 0 spiro atoms. The van der Waals surface area contributed by atoms with Crippen LogP contribution in [0.4, 0.5) is 31.5 Å². The SMILES string of the molecule is O=C(Nc1nccs1)c1c(C(F)(F)F)nc2ccc(C(F)(F)F)cc2c1O. The van der Waals surface area contributed by atoms with Crippen LogP contribution in [0.1, 0.15) is 21.6 Å². The Bertz CT molecular complexity index is 1020. The molecule has 0 saturated heterocycles. The lowest BCUT2D eigenvalue weighted by molar-refractivity contribution is -0.141. The Hall–Kier alpha value is -2.89. The van der Waals surface area contributed by atoms with E-state index in [4.69, 9.17) is 0 Å². The molecule has 12 heteroatoms. The molecule has 2 aromatic heterocycles. The number of hydrogen-bond donors (Lipinski definition) is 2. The molecule has 0 fully saturated rings. The van der Waals surface area contributed by atoms with Crippen molar-refractivity contribution in [3.8, 4) is 5.75 Å². The zero-order valence-electron chi connectivity index (χ0n) is 12.8. The first-order valence-electron chi connectivity index (χ1n) is 7.00. The van der Waals surface area contributed by atoms with Gasteiger partial charge in [0.05, 0.1) is 11.1 Å². The molecule has 0 atom stereocenters. The van der Waals surface area contributed by atoms with Gasteiger partial charge in [-0.05, 0) is 18.2 Å². The number of nitrogens with one attached hydrogen (secondary N) is 1. The van der Waals surface area contributed by atoms with Gasteiger partial charge in [-0.25, -0.2) is 9.97 Å². The summed E-state index contributed by atoms with van der Waals surface area (Å²) >= 11 is 0.899. The number of carbonyl (C=O) groups is 1. The molecule has 3 aromatic rings. The van der Waals surface area contributed by atoms with E-state index >= 15 is 0 Å². The highest BCUT2D eigenvalue weighted by atomic mass is 32.1.